The molecule has 1 aliphatic heterocycles. The van der Waals surface area contributed by atoms with Crippen molar-refractivity contribution >= 4 is 27.5 Å². The minimum Gasteiger partial charge on any atom is -0.478 e. The SMILES string of the molecule is CC1(C)CCC(CCCOc2cccc(S(=O)(=O)NC(=O)c3ccc(-n4ccc(OCCC5(C(F)(F)F)CC5)n4)nc3Cl)n2)N1. The first-order valence-corrected chi connectivity index (χ1v) is 16.4. The lowest BCUT2D eigenvalue weighted by Crippen LogP contribution is -2.37. The molecule has 45 heavy (non-hydrogen) atoms. The van der Waals surface area contributed by atoms with Crippen molar-refractivity contribution in [2.45, 2.75) is 81.6 Å². The van der Waals surface area contributed by atoms with E-state index in [-0.39, 0.29) is 59.7 Å². The van der Waals surface area contributed by atoms with Crippen LogP contribution < -0.4 is 19.5 Å². The summed E-state index contributed by atoms with van der Waals surface area (Å²) in [5.74, 6) is -0.652. The van der Waals surface area contributed by atoms with Gasteiger partial charge >= 0.3 is 6.18 Å². The first kappa shape index (κ1) is 32.9. The Balaban J connectivity index is 1.14. The van der Waals surface area contributed by atoms with Gasteiger partial charge in [-0.05, 0) is 77.0 Å². The Kier molecular flexibility index (Phi) is 9.34. The van der Waals surface area contributed by atoms with Crippen LogP contribution in [0.25, 0.3) is 5.82 Å². The molecule has 0 aromatic carbocycles. The van der Waals surface area contributed by atoms with Crippen LogP contribution in [0.15, 0.2) is 47.6 Å². The number of sulfonamides is 1. The molecule has 1 saturated heterocycles. The van der Waals surface area contributed by atoms with E-state index < -0.39 is 32.5 Å². The van der Waals surface area contributed by atoms with Gasteiger partial charge in [-0.3, -0.25) is 4.79 Å². The van der Waals surface area contributed by atoms with Gasteiger partial charge in [-0.1, -0.05) is 17.7 Å². The second-order valence-electron chi connectivity index (χ2n) is 12.0. The predicted octanol–water partition coefficient (Wildman–Crippen LogP) is 5.24. The van der Waals surface area contributed by atoms with Crippen LogP contribution in [0.2, 0.25) is 5.15 Å². The molecule has 11 nitrogen and oxygen atoms in total. The number of carbonyl (C=O) groups is 1. The molecule has 1 amide bonds. The largest absolute Gasteiger partial charge is 0.478 e. The Hall–Kier alpha value is -3.43. The molecule has 3 aromatic rings. The first-order valence-electron chi connectivity index (χ1n) is 14.5. The number of carbonyl (C=O) groups excluding carboxylic acids is 1. The average Bonchev–Trinajstić information content (AvgIpc) is 3.49. The molecule has 4 heterocycles. The van der Waals surface area contributed by atoms with Crippen molar-refractivity contribution in [1.82, 2.24) is 29.8 Å². The van der Waals surface area contributed by atoms with Crippen molar-refractivity contribution in [1.29, 1.82) is 0 Å². The smallest absolute Gasteiger partial charge is 0.394 e. The number of amides is 1. The van der Waals surface area contributed by atoms with Gasteiger partial charge in [0.25, 0.3) is 15.9 Å². The minimum atomic E-state index is -4.38. The number of nitrogens with zero attached hydrogens (tertiary/aromatic N) is 4. The summed E-state index contributed by atoms with van der Waals surface area (Å²) in [6.07, 6.45) is 1.11. The normalized spacial score (nSPS) is 18.8. The summed E-state index contributed by atoms with van der Waals surface area (Å²) in [6, 6.07) is 8.75. The van der Waals surface area contributed by atoms with Crippen LogP contribution in [0.3, 0.4) is 0 Å². The van der Waals surface area contributed by atoms with Gasteiger partial charge in [-0.15, -0.1) is 5.10 Å². The number of ether oxygens (including phenoxy) is 2. The number of hydrogen-bond acceptors (Lipinski definition) is 9. The monoisotopic (exact) mass is 670 g/mol. The molecule has 3 aromatic heterocycles. The highest BCUT2D eigenvalue weighted by Crippen LogP contribution is 2.59. The van der Waals surface area contributed by atoms with Gasteiger partial charge in [0.15, 0.2) is 10.8 Å². The second kappa shape index (κ2) is 12.8. The van der Waals surface area contributed by atoms with Crippen molar-refractivity contribution in [3.8, 4) is 17.6 Å². The highest BCUT2D eigenvalue weighted by atomic mass is 35.5. The van der Waals surface area contributed by atoms with Crippen molar-refractivity contribution in [2.75, 3.05) is 13.2 Å². The number of nitrogens with one attached hydrogen (secondary N) is 2. The summed E-state index contributed by atoms with van der Waals surface area (Å²) in [6.45, 7) is 4.55. The van der Waals surface area contributed by atoms with E-state index in [1.165, 1.54) is 47.3 Å². The van der Waals surface area contributed by atoms with Gasteiger partial charge in [0.2, 0.25) is 11.8 Å². The van der Waals surface area contributed by atoms with Gasteiger partial charge in [0, 0.05) is 29.9 Å². The molecule has 0 radical (unpaired) electrons. The Bertz CT molecular complexity index is 1640. The maximum Gasteiger partial charge on any atom is 0.394 e. The molecule has 1 saturated carbocycles. The summed E-state index contributed by atoms with van der Waals surface area (Å²) >= 11 is 6.21. The zero-order valence-corrected chi connectivity index (χ0v) is 26.3. The van der Waals surface area contributed by atoms with Gasteiger partial charge in [0.05, 0.1) is 24.2 Å². The number of hydrogen-bond donors (Lipinski definition) is 2. The standard InChI is InChI=1S/C29H34ClF3N6O5S/c1-27(2)12-10-19(36-27)5-4-17-43-22-6-3-7-24(35-22)45(41,42)38-26(40)20-8-9-21(34-25(20)30)39-16-11-23(37-39)44-18-15-28(13-14-28)29(31,32)33/h3,6-9,11,16,19,36H,4-5,10,12-15,17-18H2,1-2H3,(H,38,40). The predicted molar refractivity (Wildman–Crippen MR) is 158 cm³/mol. The van der Waals surface area contributed by atoms with Gasteiger partial charge < -0.3 is 14.8 Å². The van der Waals surface area contributed by atoms with Crippen molar-refractivity contribution in [3.63, 3.8) is 0 Å². The molecule has 2 fully saturated rings. The zero-order valence-electron chi connectivity index (χ0n) is 24.7. The van der Waals surface area contributed by atoms with E-state index in [9.17, 15) is 26.4 Å². The lowest BCUT2D eigenvalue weighted by Gasteiger charge is -2.20. The molecule has 2 aliphatic rings. The van der Waals surface area contributed by atoms with E-state index in [1.807, 2.05) is 4.72 Å². The lowest BCUT2D eigenvalue weighted by molar-refractivity contribution is -0.190. The van der Waals surface area contributed by atoms with E-state index in [0.29, 0.717) is 12.6 Å². The van der Waals surface area contributed by atoms with Crippen LogP contribution >= 0.6 is 11.6 Å². The molecule has 2 N–H and O–H groups in total. The lowest BCUT2D eigenvalue weighted by atomic mass is 10.0. The van der Waals surface area contributed by atoms with Crippen molar-refractivity contribution in [3.05, 3.63) is 53.3 Å². The summed E-state index contributed by atoms with van der Waals surface area (Å²) < 4.78 is 79.4. The molecule has 0 spiro atoms. The van der Waals surface area contributed by atoms with E-state index >= 15 is 0 Å². The second-order valence-corrected chi connectivity index (χ2v) is 14.0. The first-order chi connectivity index (χ1) is 21.2. The average molecular weight is 671 g/mol. The summed E-state index contributed by atoms with van der Waals surface area (Å²) in [7, 11) is -4.38. The third-order valence-corrected chi connectivity index (χ3v) is 9.54. The summed E-state index contributed by atoms with van der Waals surface area (Å²) in [5.41, 5.74) is -1.76. The Morgan fingerprint density at radius 3 is 2.51 bits per heavy atom. The quantitative estimate of drug-likeness (QED) is 0.185. The molecule has 0 bridgehead atoms. The molecule has 1 unspecified atom stereocenters. The van der Waals surface area contributed by atoms with Crippen LogP contribution in [0, 0.1) is 5.41 Å². The summed E-state index contributed by atoms with van der Waals surface area (Å²) in [4.78, 5) is 21.0. The fraction of sp³-hybridized carbons (Fsp3) is 0.517. The molecule has 1 atom stereocenters. The topological polar surface area (TPSA) is 137 Å². The molecule has 1 aliphatic carbocycles. The van der Waals surface area contributed by atoms with Gasteiger partial charge in [-0.2, -0.15) is 26.6 Å². The van der Waals surface area contributed by atoms with Crippen LogP contribution in [-0.2, 0) is 10.0 Å². The minimum absolute atomic E-state index is 0.0900. The number of aromatic nitrogens is 4. The highest BCUT2D eigenvalue weighted by molar-refractivity contribution is 7.90. The van der Waals surface area contributed by atoms with Crippen LogP contribution in [0.1, 0.15) is 69.2 Å². The van der Waals surface area contributed by atoms with E-state index in [0.717, 1.165) is 25.7 Å². The van der Waals surface area contributed by atoms with Crippen LogP contribution in [0.5, 0.6) is 11.8 Å². The van der Waals surface area contributed by atoms with Gasteiger partial charge in [-0.25, -0.2) is 14.4 Å². The third-order valence-electron chi connectivity index (χ3n) is 8.02. The van der Waals surface area contributed by atoms with Crippen LogP contribution in [-0.4, -0.2) is 65.0 Å². The summed E-state index contributed by atoms with van der Waals surface area (Å²) in [5, 5.41) is 7.01. The third kappa shape index (κ3) is 8.05. The Morgan fingerprint density at radius 2 is 1.84 bits per heavy atom. The zero-order chi connectivity index (χ0) is 32.5. The fourth-order valence-corrected chi connectivity index (χ4v) is 6.38. The maximum atomic E-state index is 13.1. The molecule has 16 heteroatoms. The van der Waals surface area contributed by atoms with Crippen LogP contribution in [0.4, 0.5) is 13.2 Å². The van der Waals surface area contributed by atoms with E-state index in [4.69, 9.17) is 21.1 Å². The molecular formula is C29H34ClF3N6O5S. The number of halogens is 4. The van der Waals surface area contributed by atoms with E-state index in [2.05, 4.69) is 34.2 Å². The fourth-order valence-electron chi connectivity index (χ4n) is 5.22. The number of alkyl halides is 3. The van der Waals surface area contributed by atoms with Crippen molar-refractivity contribution in [2.24, 2.45) is 5.41 Å². The maximum absolute atomic E-state index is 13.1. The molecule has 5 rings (SSSR count). The molecule has 244 valence electrons. The van der Waals surface area contributed by atoms with E-state index in [1.54, 1.807) is 0 Å². The van der Waals surface area contributed by atoms with Gasteiger partial charge in [0.1, 0.15) is 5.15 Å². The highest BCUT2D eigenvalue weighted by Gasteiger charge is 2.62. The number of pyridine rings is 2. The van der Waals surface area contributed by atoms with Crippen molar-refractivity contribution < 1.29 is 35.9 Å². The Morgan fingerprint density at radius 1 is 1.09 bits per heavy atom. The molecular weight excluding hydrogens is 637 g/mol. The number of rotatable bonds is 13. The Labute approximate surface area is 263 Å².